The van der Waals surface area contributed by atoms with Crippen LogP contribution < -0.4 is 5.32 Å². The van der Waals surface area contributed by atoms with Crippen molar-refractivity contribution in [2.75, 3.05) is 6.54 Å². The highest BCUT2D eigenvalue weighted by molar-refractivity contribution is 5.19. The van der Waals surface area contributed by atoms with Crippen LogP contribution in [0.2, 0.25) is 0 Å². The first kappa shape index (κ1) is 12.8. The number of nitrogens with zero attached hydrogens (tertiary/aromatic N) is 2. The number of likely N-dealkylation sites (N-methyl/N-ethyl adjacent to an activating group) is 1. The van der Waals surface area contributed by atoms with Crippen molar-refractivity contribution in [2.24, 2.45) is 0 Å². The fourth-order valence-corrected chi connectivity index (χ4v) is 2.28. The van der Waals surface area contributed by atoms with Crippen molar-refractivity contribution in [1.29, 1.82) is 0 Å². The number of aryl methyl sites for hydroxylation is 1. The molecule has 2 aromatic rings. The fourth-order valence-electron chi connectivity index (χ4n) is 2.28. The number of hydrogen-bond acceptors (Lipinski definition) is 2. The molecule has 1 heterocycles. The number of hydrogen-bond donors (Lipinski definition) is 1. The highest BCUT2D eigenvalue weighted by Crippen LogP contribution is 2.18. The molecule has 0 fully saturated rings. The summed E-state index contributed by atoms with van der Waals surface area (Å²) < 4.78 is 2.07. The molecule has 0 saturated carbocycles. The van der Waals surface area contributed by atoms with Crippen molar-refractivity contribution >= 4 is 0 Å². The summed E-state index contributed by atoms with van der Waals surface area (Å²) in [7, 11) is 0. The molecule has 1 atom stereocenters. The Morgan fingerprint density at radius 3 is 2.61 bits per heavy atom. The van der Waals surface area contributed by atoms with Gasteiger partial charge >= 0.3 is 0 Å². The normalized spacial score (nSPS) is 12.6. The smallest absolute Gasteiger partial charge is 0.0556 e. The van der Waals surface area contributed by atoms with E-state index in [1.807, 2.05) is 6.20 Å². The topological polar surface area (TPSA) is 29.9 Å². The van der Waals surface area contributed by atoms with Gasteiger partial charge in [0.05, 0.1) is 11.7 Å². The molecule has 96 valence electrons. The van der Waals surface area contributed by atoms with Gasteiger partial charge in [-0.1, -0.05) is 37.3 Å². The standard InChI is InChI=1S/C15H21N3/c1-3-16-14(12-13-8-6-5-7-9-13)15-10-11-17-18(15)4-2/h5-11,14,16H,3-4,12H2,1-2H3. The van der Waals surface area contributed by atoms with Crippen molar-refractivity contribution in [3.05, 3.63) is 53.9 Å². The molecule has 0 aliphatic carbocycles. The summed E-state index contributed by atoms with van der Waals surface area (Å²) in [6.07, 6.45) is 2.88. The quantitative estimate of drug-likeness (QED) is 0.845. The lowest BCUT2D eigenvalue weighted by molar-refractivity contribution is 0.490. The molecule has 0 aliphatic heterocycles. The number of aromatic nitrogens is 2. The number of rotatable bonds is 6. The number of nitrogens with one attached hydrogen (secondary N) is 1. The lowest BCUT2D eigenvalue weighted by Crippen LogP contribution is -2.25. The van der Waals surface area contributed by atoms with Crippen LogP contribution >= 0.6 is 0 Å². The van der Waals surface area contributed by atoms with E-state index in [2.05, 4.69) is 65.3 Å². The summed E-state index contributed by atoms with van der Waals surface area (Å²) >= 11 is 0. The largest absolute Gasteiger partial charge is 0.309 e. The van der Waals surface area contributed by atoms with Crippen LogP contribution in [0.25, 0.3) is 0 Å². The maximum absolute atomic E-state index is 4.36. The van der Waals surface area contributed by atoms with Crippen LogP contribution in [0.1, 0.15) is 31.1 Å². The van der Waals surface area contributed by atoms with Gasteiger partial charge in [-0.3, -0.25) is 4.68 Å². The molecular formula is C15H21N3. The Morgan fingerprint density at radius 2 is 1.94 bits per heavy atom. The zero-order chi connectivity index (χ0) is 12.8. The summed E-state index contributed by atoms with van der Waals surface area (Å²) in [5.41, 5.74) is 2.62. The average molecular weight is 243 g/mol. The van der Waals surface area contributed by atoms with Crippen LogP contribution in [0.15, 0.2) is 42.6 Å². The molecule has 0 amide bonds. The molecule has 0 saturated heterocycles. The van der Waals surface area contributed by atoms with E-state index in [0.717, 1.165) is 19.5 Å². The molecule has 0 spiro atoms. The van der Waals surface area contributed by atoms with Crippen LogP contribution in [-0.4, -0.2) is 16.3 Å². The highest BCUT2D eigenvalue weighted by Gasteiger charge is 2.14. The third kappa shape index (κ3) is 2.99. The van der Waals surface area contributed by atoms with Crippen LogP contribution in [0.5, 0.6) is 0 Å². The van der Waals surface area contributed by atoms with E-state index in [1.54, 1.807) is 0 Å². The molecule has 18 heavy (non-hydrogen) atoms. The van der Waals surface area contributed by atoms with Gasteiger partial charge in [-0.15, -0.1) is 0 Å². The summed E-state index contributed by atoms with van der Waals surface area (Å²) in [6, 6.07) is 13.0. The third-order valence-corrected chi connectivity index (χ3v) is 3.14. The van der Waals surface area contributed by atoms with Crippen molar-refractivity contribution in [3.8, 4) is 0 Å². The van der Waals surface area contributed by atoms with Crippen molar-refractivity contribution in [1.82, 2.24) is 15.1 Å². The van der Waals surface area contributed by atoms with E-state index in [0.29, 0.717) is 6.04 Å². The van der Waals surface area contributed by atoms with Gasteiger partial charge in [0.1, 0.15) is 0 Å². The van der Waals surface area contributed by atoms with Gasteiger partial charge in [-0.2, -0.15) is 5.10 Å². The zero-order valence-corrected chi connectivity index (χ0v) is 11.1. The van der Waals surface area contributed by atoms with Gasteiger partial charge in [0, 0.05) is 12.7 Å². The Kier molecular flexibility index (Phi) is 4.53. The Labute approximate surface area is 109 Å². The Morgan fingerprint density at radius 1 is 1.17 bits per heavy atom. The lowest BCUT2D eigenvalue weighted by Gasteiger charge is -2.19. The Balaban J connectivity index is 2.18. The SMILES string of the molecule is CCNC(Cc1ccccc1)c1ccnn1CC. The van der Waals surface area contributed by atoms with E-state index >= 15 is 0 Å². The Hall–Kier alpha value is -1.61. The molecular weight excluding hydrogens is 222 g/mol. The first-order chi connectivity index (χ1) is 8.85. The molecule has 1 aromatic heterocycles. The van der Waals surface area contributed by atoms with E-state index in [1.165, 1.54) is 11.3 Å². The second-order valence-corrected chi connectivity index (χ2v) is 4.37. The van der Waals surface area contributed by atoms with Crippen LogP contribution in [0.3, 0.4) is 0 Å². The van der Waals surface area contributed by atoms with E-state index in [-0.39, 0.29) is 0 Å². The minimum absolute atomic E-state index is 0.333. The summed E-state index contributed by atoms with van der Waals surface area (Å²) in [5, 5.41) is 7.90. The van der Waals surface area contributed by atoms with Crippen LogP contribution in [0.4, 0.5) is 0 Å². The predicted octanol–water partition coefficient (Wildman–Crippen LogP) is 2.80. The molecule has 3 heteroatoms. The monoisotopic (exact) mass is 243 g/mol. The van der Waals surface area contributed by atoms with Gasteiger partial charge in [0.2, 0.25) is 0 Å². The summed E-state index contributed by atoms with van der Waals surface area (Å²) in [4.78, 5) is 0. The maximum Gasteiger partial charge on any atom is 0.0556 e. The molecule has 1 N–H and O–H groups in total. The second kappa shape index (κ2) is 6.36. The zero-order valence-electron chi connectivity index (χ0n) is 11.1. The Bertz CT molecular complexity index is 462. The minimum Gasteiger partial charge on any atom is -0.309 e. The fraction of sp³-hybridized carbons (Fsp3) is 0.400. The van der Waals surface area contributed by atoms with Crippen LogP contribution in [0, 0.1) is 0 Å². The average Bonchev–Trinajstić information content (AvgIpc) is 2.87. The van der Waals surface area contributed by atoms with E-state index < -0.39 is 0 Å². The summed E-state index contributed by atoms with van der Waals surface area (Å²) in [5.74, 6) is 0. The van der Waals surface area contributed by atoms with Gasteiger partial charge in [-0.25, -0.2) is 0 Å². The minimum atomic E-state index is 0.333. The van der Waals surface area contributed by atoms with Crippen molar-refractivity contribution in [3.63, 3.8) is 0 Å². The molecule has 3 nitrogen and oxygen atoms in total. The van der Waals surface area contributed by atoms with Crippen molar-refractivity contribution < 1.29 is 0 Å². The summed E-state index contributed by atoms with van der Waals surface area (Å²) in [6.45, 7) is 6.15. The lowest BCUT2D eigenvalue weighted by atomic mass is 10.0. The molecule has 0 radical (unpaired) electrons. The van der Waals surface area contributed by atoms with Crippen molar-refractivity contribution in [2.45, 2.75) is 32.9 Å². The third-order valence-electron chi connectivity index (χ3n) is 3.14. The predicted molar refractivity (Wildman–Crippen MR) is 74.5 cm³/mol. The molecule has 1 aromatic carbocycles. The van der Waals surface area contributed by atoms with Gasteiger partial charge < -0.3 is 5.32 Å². The molecule has 2 rings (SSSR count). The second-order valence-electron chi connectivity index (χ2n) is 4.37. The van der Waals surface area contributed by atoms with Crippen LogP contribution in [-0.2, 0) is 13.0 Å². The molecule has 1 unspecified atom stereocenters. The highest BCUT2D eigenvalue weighted by atomic mass is 15.3. The van der Waals surface area contributed by atoms with E-state index in [4.69, 9.17) is 0 Å². The molecule has 0 aliphatic rings. The first-order valence-corrected chi connectivity index (χ1v) is 6.64. The van der Waals surface area contributed by atoms with Gasteiger partial charge in [0.15, 0.2) is 0 Å². The number of benzene rings is 1. The van der Waals surface area contributed by atoms with Gasteiger partial charge in [0.25, 0.3) is 0 Å². The first-order valence-electron chi connectivity index (χ1n) is 6.64. The van der Waals surface area contributed by atoms with Gasteiger partial charge in [-0.05, 0) is 31.5 Å². The molecule has 0 bridgehead atoms. The maximum atomic E-state index is 4.36. The van der Waals surface area contributed by atoms with E-state index in [9.17, 15) is 0 Å².